The summed E-state index contributed by atoms with van der Waals surface area (Å²) in [6.07, 6.45) is -1.83. The topological polar surface area (TPSA) is 124 Å². The number of anilines is 2. The summed E-state index contributed by atoms with van der Waals surface area (Å²) in [5.41, 5.74) is 6.59. The lowest BCUT2D eigenvalue weighted by Crippen LogP contribution is -2.32. The van der Waals surface area contributed by atoms with Crippen molar-refractivity contribution >= 4 is 17.7 Å². The molecule has 9 nitrogen and oxygen atoms in total. The summed E-state index contributed by atoms with van der Waals surface area (Å²) in [6.45, 7) is 2.51. The number of benzene rings is 1. The van der Waals surface area contributed by atoms with Crippen LogP contribution in [0.1, 0.15) is 11.3 Å². The first-order chi connectivity index (χ1) is 13.7. The number of urea groups is 1. The van der Waals surface area contributed by atoms with Gasteiger partial charge in [-0.2, -0.15) is 13.2 Å². The van der Waals surface area contributed by atoms with Crippen molar-refractivity contribution in [3.63, 3.8) is 0 Å². The Bertz CT molecular complexity index is 1020. The van der Waals surface area contributed by atoms with Gasteiger partial charge in [-0.25, -0.2) is 14.8 Å². The van der Waals surface area contributed by atoms with Gasteiger partial charge in [-0.1, -0.05) is 5.21 Å². The second-order valence-corrected chi connectivity index (χ2v) is 6.13. The molecular weight excluding hydrogens is 389 g/mol. The molecule has 0 radical (unpaired) electrons. The lowest BCUT2D eigenvalue weighted by Gasteiger charge is -2.10. The van der Waals surface area contributed by atoms with E-state index in [1.807, 2.05) is 13.0 Å². The molecule has 0 aliphatic heterocycles. The molecule has 0 unspecified atom stereocenters. The molecule has 29 heavy (non-hydrogen) atoms. The van der Waals surface area contributed by atoms with Crippen LogP contribution in [-0.4, -0.2) is 37.5 Å². The predicted octanol–water partition coefficient (Wildman–Crippen LogP) is 2.47. The molecule has 0 aliphatic rings. The molecule has 2 aromatic heterocycles. The zero-order valence-corrected chi connectivity index (χ0v) is 15.2. The highest BCUT2D eigenvalue weighted by Gasteiger charge is 2.32. The van der Waals surface area contributed by atoms with Crippen molar-refractivity contribution in [2.75, 3.05) is 11.9 Å². The van der Waals surface area contributed by atoms with Gasteiger partial charge < -0.3 is 16.4 Å². The fraction of sp³-hybridized carbons (Fsp3) is 0.235. The van der Waals surface area contributed by atoms with Crippen LogP contribution in [0.25, 0.3) is 11.3 Å². The molecule has 3 rings (SSSR count). The summed E-state index contributed by atoms with van der Waals surface area (Å²) < 4.78 is 40.0. The van der Waals surface area contributed by atoms with E-state index in [9.17, 15) is 18.0 Å². The minimum atomic E-state index is -4.56. The van der Waals surface area contributed by atoms with Crippen LogP contribution in [0.2, 0.25) is 0 Å². The number of aromatic nitrogens is 5. The summed E-state index contributed by atoms with van der Waals surface area (Å²) in [5.74, 6) is -0.169. The summed E-state index contributed by atoms with van der Waals surface area (Å²) >= 11 is 0. The van der Waals surface area contributed by atoms with Crippen molar-refractivity contribution in [2.24, 2.45) is 5.73 Å². The molecule has 0 saturated carbocycles. The Labute approximate surface area is 163 Å². The first kappa shape index (κ1) is 20.0. The Kier molecular flexibility index (Phi) is 5.61. The number of alkyl halides is 3. The van der Waals surface area contributed by atoms with Crippen LogP contribution >= 0.6 is 0 Å². The molecule has 2 amide bonds. The molecule has 2 heterocycles. The maximum atomic E-state index is 12.8. The van der Waals surface area contributed by atoms with Crippen LogP contribution in [0.15, 0.2) is 36.7 Å². The van der Waals surface area contributed by atoms with Gasteiger partial charge in [-0.3, -0.25) is 4.68 Å². The van der Waals surface area contributed by atoms with Crippen LogP contribution < -0.4 is 16.4 Å². The van der Waals surface area contributed by atoms with Crippen molar-refractivity contribution in [3.8, 4) is 11.3 Å². The lowest BCUT2D eigenvalue weighted by molar-refractivity contribution is -0.141. The molecule has 0 fully saturated rings. The third-order valence-corrected chi connectivity index (χ3v) is 3.75. The van der Waals surface area contributed by atoms with Gasteiger partial charge >= 0.3 is 12.2 Å². The summed E-state index contributed by atoms with van der Waals surface area (Å²) in [6, 6.07) is 5.48. The van der Waals surface area contributed by atoms with Crippen molar-refractivity contribution in [2.45, 2.75) is 19.6 Å². The molecule has 0 spiro atoms. The number of primary amides is 1. The average Bonchev–Trinajstić information content (AvgIpc) is 3.09. The fourth-order valence-electron chi connectivity index (χ4n) is 2.54. The minimum absolute atomic E-state index is 0.169. The quantitative estimate of drug-likeness (QED) is 0.578. The molecule has 152 valence electrons. The third-order valence-electron chi connectivity index (χ3n) is 3.75. The molecule has 12 heteroatoms. The van der Waals surface area contributed by atoms with Crippen molar-refractivity contribution < 1.29 is 18.0 Å². The lowest BCUT2D eigenvalue weighted by atomic mass is 10.1. The maximum Gasteiger partial charge on any atom is 0.433 e. The number of carbonyl (C=O) groups is 1. The second-order valence-electron chi connectivity index (χ2n) is 6.13. The zero-order valence-electron chi connectivity index (χ0n) is 15.2. The first-order valence-electron chi connectivity index (χ1n) is 8.43. The molecule has 3 aromatic rings. The number of nitrogens with zero attached hydrogens (tertiary/aromatic N) is 5. The number of amides is 2. The number of hydrogen-bond acceptors (Lipinski definition) is 6. The third kappa shape index (κ3) is 5.40. The van der Waals surface area contributed by atoms with Crippen molar-refractivity contribution in [3.05, 3.63) is 47.9 Å². The molecule has 1 aromatic carbocycles. The number of rotatable bonds is 6. The number of nitrogens with one attached hydrogen (secondary N) is 2. The molecular formula is C17H17F3N8O. The SMILES string of the molecule is Cc1cc(Nc2nccc(C(F)(F)F)n2)cc(-c2cn(CCNC(N)=O)nn2)c1. The largest absolute Gasteiger partial charge is 0.433 e. The predicted molar refractivity (Wildman–Crippen MR) is 98.1 cm³/mol. The highest BCUT2D eigenvalue weighted by molar-refractivity contribution is 5.71. The second kappa shape index (κ2) is 8.12. The van der Waals surface area contributed by atoms with Gasteiger partial charge in [0.15, 0.2) is 0 Å². The Morgan fingerprint density at radius 2 is 2.07 bits per heavy atom. The van der Waals surface area contributed by atoms with E-state index in [0.717, 1.165) is 17.8 Å². The first-order valence-corrected chi connectivity index (χ1v) is 8.43. The highest BCUT2D eigenvalue weighted by atomic mass is 19.4. The van der Waals surface area contributed by atoms with Crippen molar-refractivity contribution in [1.29, 1.82) is 0 Å². The van der Waals surface area contributed by atoms with Gasteiger partial charge in [0.05, 0.1) is 12.7 Å². The molecule has 0 aliphatic carbocycles. The summed E-state index contributed by atoms with van der Waals surface area (Å²) in [7, 11) is 0. The molecule has 4 N–H and O–H groups in total. The van der Waals surface area contributed by atoms with Crippen LogP contribution in [0.5, 0.6) is 0 Å². The van der Waals surface area contributed by atoms with E-state index in [1.165, 1.54) is 4.68 Å². The van der Waals surface area contributed by atoms with Crippen LogP contribution in [-0.2, 0) is 12.7 Å². The number of nitrogens with two attached hydrogens (primary N) is 1. The van der Waals surface area contributed by atoms with Crippen LogP contribution in [0.3, 0.4) is 0 Å². The Morgan fingerprint density at radius 1 is 1.28 bits per heavy atom. The summed E-state index contributed by atoms with van der Waals surface area (Å²) in [4.78, 5) is 18.0. The van der Waals surface area contributed by atoms with Gasteiger partial charge in [0.1, 0.15) is 11.4 Å². The number of hydrogen-bond donors (Lipinski definition) is 3. The summed E-state index contributed by atoms with van der Waals surface area (Å²) in [5, 5.41) is 13.3. The zero-order chi connectivity index (χ0) is 21.0. The van der Waals surface area contributed by atoms with E-state index in [-0.39, 0.29) is 5.95 Å². The minimum Gasteiger partial charge on any atom is -0.352 e. The maximum absolute atomic E-state index is 12.8. The Balaban J connectivity index is 1.79. The average molecular weight is 406 g/mol. The van der Waals surface area contributed by atoms with Crippen LogP contribution in [0, 0.1) is 6.92 Å². The smallest absolute Gasteiger partial charge is 0.352 e. The van der Waals surface area contributed by atoms with Gasteiger partial charge in [-0.15, -0.1) is 5.10 Å². The monoisotopic (exact) mass is 406 g/mol. The van der Waals surface area contributed by atoms with E-state index < -0.39 is 17.9 Å². The fourth-order valence-corrected chi connectivity index (χ4v) is 2.54. The van der Waals surface area contributed by atoms with Crippen molar-refractivity contribution in [1.82, 2.24) is 30.3 Å². The number of aryl methyl sites for hydroxylation is 1. The molecule has 0 bridgehead atoms. The van der Waals surface area contributed by atoms with E-state index in [2.05, 4.69) is 30.9 Å². The normalized spacial score (nSPS) is 11.3. The van der Waals surface area contributed by atoms with Gasteiger partial charge in [0, 0.05) is 24.0 Å². The standard InChI is InChI=1S/C17H17F3N8O/c1-10-6-11(13-9-28(27-26-13)5-4-22-15(21)29)8-12(7-10)24-16-23-3-2-14(25-16)17(18,19)20/h2-3,6-9H,4-5H2,1H3,(H3,21,22,29)(H,23,24,25). The van der Waals surface area contributed by atoms with Gasteiger partial charge in [-0.05, 0) is 36.8 Å². The van der Waals surface area contributed by atoms with E-state index in [0.29, 0.717) is 30.0 Å². The van der Waals surface area contributed by atoms with Gasteiger partial charge in [0.2, 0.25) is 5.95 Å². The molecule has 0 atom stereocenters. The number of carbonyl (C=O) groups excluding carboxylic acids is 1. The van der Waals surface area contributed by atoms with E-state index >= 15 is 0 Å². The van der Waals surface area contributed by atoms with Gasteiger partial charge in [0.25, 0.3) is 0 Å². The Morgan fingerprint density at radius 3 is 2.79 bits per heavy atom. The molecule has 0 saturated heterocycles. The van der Waals surface area contributed by atoms with E-state index in [4.69, 9.17) is 5.73 Å². The highest BCUT2D eigenvalue weighted by Crippen LogP contribution is 2.29. The Hall–Kier alpha value is -3.70. The van der Waals surface area contributed by atoms with E-state index in [1.54, 1.807) is 18.3 Å². The van der Waals surface area contributed by atoms with Crippen LogP contribution in [0.4, 0.5) is 29.6 Å². The number of halogens is 3.